The summed E-state index contributed by atoms with van der Waals surface area (Å²) in [4.78, 5) is 42.8. The van der Waals surface area contributed by atoms with Gasteiger partial charge in [0.05, 0.1) is 11.7 Å². The van der Waals surface area contributed by atoms with E-state index < -0.39 is 0 Å². The Balaban J connectivity index is 1.61. The zero-order valence-corrected chi connectivity index (χ0v) is 15.7. The number of amides is 2. The van der Waals surface area contributed by atoms with Gasteiger partial charge in [0, 0.05) is 24.6 Å². The second-order valence-electron chi connectivity index (χ2n) is 7.32. The zero-order chi connectivity index (χ0) is 19.5. The summed E-state index contributed by atoms with van der Waals surface area (Å²) in [5.74, 6) is -0.578. The number of anilines is 1. The van der Waals surface area contributed by atoms with Gasteiger partial charge in [-0.1, -0.05) is 25.3 Å². The summed E-state index contributed by atoms with van der Waals surface area (Å²) in [6.45, 7) is 0. The Bertz CT molecular complexity index is 953. The zero-order valence-electron chi connectivity index (χ0n) is 15.7. The average Bonchev–Trinajstić information content (AvgIpc) is 3.07. The van der Waals surface area contributed by atoms with E-state index in [4.69, 9.17) is 4.99 Å². The van der Waals surface area contributed by atoms with Crippen LogP contribution in [-0.2, 0) is 9.59 Å². The van der Waals surface area contributed by atoms with E-state index in [0.717, 1.165) is 12.8 Å². The number of aromatic nitrogens is 1. The second kappa shape index (κ2) is 7.92. The molecule has 1 saturated carbocycles. The van der Waals surface area contributed by atoms with Crippen LogP contribution in [0.5, 0.6) is 0 Å². The summed E-state index contributed by atoms with van der Waals surface area (Å²) in [5.41, 5.74) is 1.65. The Morgan fingerprint density at radius 3 is 2.25 bits per heavy atom. The van der Waals surface area contributed by atoms with Crippen LogP contribution in [0.4, 0.5) is 5.69 Å². The van der Waals surface area contributed by atoms with Gasteiger partial charge in [-0.3, -0.25) is 28.8 Å². The second-order valence-corrected chi connectivity index (χ2v) is 7.32. The highest BCUT2D eigenvalue weighted by atomic mass is 16.2. The van der Waals surface area contributed by atoms with Crippen molar-refractivity contribution in [3.63, 3.8) is 0 Å². The fraction of sp³-hybridized carbons (Fsp3) is 0.364. The van der Waals surface area contributed by atoms with Crippen LogP contribution >= 0.6 is 0 Å². The first-order chi connectivity index (χ1) is 13.6. The van der Waals surface area contributed by atoms with E-state index in [-0.39, 0.29) is 36.6 Å². The Morgan fingerprint density at radius 2 is 1.57 bits per heavy atom. The van der Waals surface area contributed by atoms with Crippen molar-refractivity contribution in [2.24, 2.45) is 4.99 Å². The van der Waals surface area contributed by atoms with Gasteiger partial charge >= 0.3 is 0 Å². The lowest BCUT2D eigenvalue weighted by atomic mass is 9.96. The van der Waals surface area contributed by atoms with Gasteiger partial charge in [-0.15, -0.1) is 0 Å². The number of imide groups is 1. The van der Waals surface area contributed by atoms with Gasteiger partial charge in [0.1, 0.15) is 5.49 Å². The molecule has 2 fully saturated rings. The van der Waals surface area contributed by atoms with Crippen molar-refractivity contribution in [2.75, 3.05) is 4.90 Å². The maximum absolute atomic E-state index is 13.0. The van der Waals surface area contributed by atoms with E-state index in [2.05, 4.69) is 0 Å². The van der Waals surface area contributed by atoms with E-state index in [0.29, 0.717) is 16.7 Å². The molecule has 6 nitrogen and oxygen atoms in total. The van der Waals surface area contributed by atoms with Crippen LogP contribution in [0.25, 0.3) is 0 Å². The monoisotopic (exact) mass is 377 g/mol. The number of benzene rings is 1. The van der Waals surface area contributed by atoms with E-state index in [1.807, 2.05) is 18.2 Å². The molecule has 0 radical (unpaired) electrons. The summed E-state index contributed by atoms with van der Waals surface area (Å²) in [7, 11) is 0. The maximum Gasteiger partial charge on any atom is 0.263 e. The lowest BCUT2D eigenvalue weighted by Crippen LogP contribution is -2.30. The summed E-state index contributed by atoms with van der Waals surface area (Å²) in [5, 5.41) is 0. The smallest absolute Gasteiger partial charge is 0.263 e. The molecule has 0 N–H and O–H groups in total. The first kappa shape index (κ1) is 18.3. The topological polar surface area (TPSA) is 71.7 Å². The fourth-order valence-electron chi connectivity index (χ4n) is 3.86. The summed E-state index contributed by atoms with van der Waals surface area (Å²) >= 11 is 0. The van der Waals surface area contributed by atoms with E-state index in [1.165, 1.54) is 24.2 Å². The highest BCUT2D eigenvalue weighted by Crippen LogP contribution is 2.23. The largest absolute Gasteiger partial charge is 0.274 e. The van der Waals surface area contributed by atoms with Gasteiger partial charge in [-0.2, -0.15) is 0 Å². The molecule has 0 unspecified atom stereocenters. The first-order valence-corrected chi connectivity index (χ1v) is 9.85. The number of nitrogens with zero attached hydrogens (tertiary/aromatic N) is 3. The number of carbonyl (C=O) groups excluding carboxylic acids is 3. The predicted octanol–water partition coefficient (Wildman–Crippen LogP) is 3.06. The van der Waals surface area contributed by atoms with Crippen LogP contribution in [0.3, 0.4) is 0 Å². The minimum absolute atomic E-state index is 0.180. The van der Waals surface area contributed by atoms with Crippen molar-refractivity contribution in [2.45, 2.75) is 51.0 Å². The predicted molar refractivity (Wildman–Crippen MR) is 105 cm³/mol. The number of hydrogen-bond donors (Lipinski definition) is 0. The van der Waals surface area contributed by atoms with Crippen LogP contribution in [0.2, 0.25) is 0 Å². The van der Waals surface area contributed by atoms with Crippen LogP contribution in [0, 0.1) is 0 Å². The van der Waals surface area contributed by atoms with Gasteiger partial charge in [-0.25, -0.2) is 0 Å². The quantitative estimate of drug-likeness (QED) is 0.772. The van der Waals surface area contributed by atoms with Gasteiger partial charge in [0.15, 0.2) is 0 Å². The summed E-state index contributed by atoms with van der Waals surface area (Å²) in [6.07, 6.45) is 7.97. The molecule has 4 rings (SSSR count). The van der Waals surface area contributed by atoms with Crippen LogP contribution < -0.4 is 10.4 Å². The highest BCUT2D eigenvalue weighted by molar-refractivity contribution is 6.19. The van der Waals surface area contributed by atoms with E-state index >= 15 is 0 Å². The molecule has 1 aromatic heterocycles. The number of rotatable bonds is 3. The standard InChI is InChI=1S/C22H23N3O3/c26-20-13-14-21(27)25(20)18-11-9-16(10-12-18)22(28)24-15-5-4-8-19(24)23-17-6-2-1-3-7-17/h4-5,8-12,15,17H,1-3,6-7,13-14H2. The molecule has 1 aliphatic heterocycles. The molecule has 144 valence electrons. The Hall–Kier alpha value is -3.02. The minimum Gasteiger partial charge on any atom is -0.274 e. The van der Waals surface area contributed by atoms with Crippen molar-refractivity contribution in [1.82, 2.24) is 4.57 Å². The number of carbonyl (C=O) groups is 3. The molecule has 0 bridgehead atoms. The molecule has 28 heavy (non-hydrogen) atoms. The molecular formula is C22H23N3O3. The molecule has 1 saturated heterocycles. The lowest BCUT2D eigenvalue weighted by molar-refractivity contribution is -0.121. The van der Waals surface area contributed by atoms with Crippen molar-refractivity contribution in [3.05, 3.63) is 59.7 Å². The third kappa shape index (κ3) is 3.67. The van der Waals surface area contributed by atoms with Gasteiger partial charge in [-0.05, 0) is 49.2 Å². The molecule has 2 aromatic rings. The van der Waals surface area contributed by atoms with Crippen molar-refractivity contribution >= 4 is 23.4 Å². The molecule has 2 heterocycles. The Labute approximate surface area is 163 Å². The molecular weight excluding hydrogens is 354 g/mol. The van der Waals surface area contributed by atoms with Gasteiger partial charge in [0.2, 0.25) is 11.8 Å². The third-order valence-corrected chi connectivity index (χ3v) is 5.37. The van der Waals surface area contributed by atoms with Crippen molar-refractivity contribution < 1.29 is 14.4 Å². The first-order valence-electron chi connectivity index (χ1n) is 9.85. The van der Waals surface area contributed by atoms with Crippen LogP contribution in [0.15, 0.2) is 53.7 Å². The molecule has 6 heteroatoms. The van der Waals surface area contributed by atoms with Gasteiger partial charge in [0.25, 0.3) is 5.91 Å². The highest BCUT2D eigenvalue weighted by Gasteiger charge is 2.30. The molecule has 2 aliphatic rings. The molecule has 1 aliphatic carbocycles. The maximum atomic E-state index is 13.0. The summed E-state index contributed by atoms with van der Waals surface area (Å²) in [6, 6.07) is 12.4. The normalized spacial score (nSPS) is 18.7. The summed E-state index contributed by atoms with van der Waals surface area (Å²) < 4.78 is 1.57. The fourth-order valence-corrected chi connectivity index (χ4v) is 3.86. The SMILES string of the molecule is O=C1CCC(=O)N1c1ccc(C(=O)n2ccccc2=NC2CCCCC2)cc1. The van der Waals surface area contributed by atoms with Crippen molar-refractivity contribution in [3.8, 4) is 0 Å². The number of hydrogen-bond acceptors (Lipinski definition) is 4. The molecule has 0 spiro atoms. The minimum atomic E-state index is -0.199. The lowest BCUT2D eigenvalue weighted by Gasteiger charge is -2.18. The van der Waals surface area contributed by atoms with E-state index in [9.17, 15) is 14.4 Å². The Morgan fingerprint density at radius 1 is 0.893 bits per heavy atom. The molecule has 1 aromatic carbocycles. The average molecular weight is 377 g/mol. The molecule has 0 atom stereocenters. The van der Waals surface area contributed by atoms with Crippen LogP contribution in [0.1, 0.15) is 55.3 Å². The van der Waals surface area contributed by atoms with Crippen molar-refractivity contribution in [1.29, 1.82) is 0 Å². The molecule has 2 amide bonds. The van der Waals surface area contributed by atoms with Gasteiger partial charge < -0.3 is 0 Å². The number of pyridine rings is 1. The van der Waals surface area contributed by atoms with Crippen LogP contribution in [-0.4, -0.2) is 28.3 Å². The van der Waals surface area contributed by atoms with E-state index in [1.54, 1.807) is 35.0 Å². The Kier molecular flexibility index (Phi) is 5.19. The third-order valence-electron chi connectivity index (χ3n) is 5.37.